The van der Waals surface area contributed by atoms with Gasteiger partial charge in [0.05, 0.1) is 16.1 Å². The maximum atomic E-state index is 12.6. The van der Waals surface area contributed by atoms with Crippen LogP contribution in [0.2, 0.25) is 0 Å². The van der Waals surface area contributed by atoms with Crippen LogP contribution in [0.5, 0.6) is 0 Å². The van der Waals surface area contributed by atoms with Gasteiger partial charge in [-0.05, 0) is 80.0 Å². The van der Waals surface area contributed by atoms with Crippen molar-refractivity contribution in [3.63, 3.8) is 0 Å². The summed E-state index contributed by atoms with van der Waals surface area (Å²) in [6.45, 7) is 8.41. The summed E-state index contributed by atoms with van der Waals surface area (Å²) in [7, 11) is 2.18. The van der Waals surface area contributed by atoms with Gasteiger partial charge in [0.25, 0.3) is 5.91 Å². The summed E-state index contributed by atoms with van der Waals surface area (Å²) in [6.07, 6.45) is 5.90. The first-order chi connectivity index (χ1) is 17.5. The minimum Gasteiger partial charge on any atom is -0.369 e. The fourth-order valence-electron chi connectivity index (χ4n) is 5.19. The molecule has 2 aromatic carbocycles. The van der Waals surface area contributed by atoms with Crippen molar-refractivity contribution in [1.29, 1.82) is 0 Å². The second-order valence-corrected chi connectivity index (χ2v) is 10.8. The molecule has 36 heavy (non-hydrogen) atoms. The van der Waals surface area contributed by atoms with Crippen molar-refractivity contribution < 1.29 is 4.79 Å². The molecule has 0 saturated carbocycles. The third-order valence-electron chi connectivity index (χ3n) is 7.26. The van der Waals surface area contributed by atoms with Crippen molar-refractivity contribution >= 4 is 45.5 Å². The number of likely N-dealkylation sites (N-methyl/N-ethyl adjacent to an activating group) is 1. The number of amides is 1. The highest BCUT2D eigenvalue weighted by Crippen LogP contribution is 2.34. The zero-order valence-electron chi connectivity index (χ0n) is 20.8. The molecule has 8 heteroatoms. The van der Waals surface area contributed by atoms with Crippen LogP contribution in [0, 0.1) is 6.92 Å². The molecule has 2 fully saturated rings. The molecule has 0 N–H and O–H groups in total. The molecule has 3 aliphatic heterocycles. The van der Waals surface area contributed by atoms with Crippen molar-refractivity contribution in [3.8, 4) is 11.3 Å². The number of benzene rings is 2. The molecule has 7 nitrogen and oxygen atoms in total. The topological polar surface area (TPSA) is 64.9 Å². The Hall–Kier alpha value is -3.23. The van der Waals surface area contributed by atoms with Crippen LogP contribution in [0.25, 0.3) is 28.2 Å². The summed E-state index contributed by atoms with van der Waals surface area (Å²) in [5.41, 5.74) is 6.38. The normalized spacial score (nSPS) is 20.1. The number of nitrogens with zero attached hydrogens (tertiary/aromatic N) is 6. The fourth-order valence-corrected chi connectivity index (χ4v) is 6.16. The van der Waals surface area contributed by atoms with Crippen LogP contribution in [0.1, 0.15) is 24.0 Å². The highest BCUT2D eigenvalue weighted by atomic mass is 32.2. The van der Waals surface area contributed by atoms with Crippen LogP contribution in [0.3, 0.4) is 0 Å². The summed E-state index contributed by atoms with van der Waals surface area (Å²) >= 11 is 1.48. The number of carbonyl (C=O) groups is 1. The first-order valence-corrected chi connectivity index (χ1v) is 13.4. The molecular formula is C28H30N6OS. The van der Waals surface area contributed by atoms with E-state index >= 15 is 0 Å². The van der Waals surface area contributed by atoms with E-state index in [-0.39, 0.29) is 5.91 Å². The highest BCUT2D eigenvalue weighted by Gasteiger charge is 2.27. The molecule has 0 atom stereocenters. The maximum absolute atomic E-state index is 12.6. The summed E-state index contributed by atoms with van der Waals surface area (Å²) < 4.78 is 0. The standard InChI is InChI=1S/C28H30N6OS/c1-19-15-21(6-8-24(19)33-13-11-32(2)12-14-33)26-22-16-20(5-7-23(22)29-18-30-26)17-25-27(35)31-28(36-25)34-9-3-4-10-34/h5-8,15-18H,3-4,9-14H2,1-2H3. The molecule has 3 aromatic rings. The molecule has 3 aliphatic rings. The minimum atomic E-state index is -0.151. The molecule has 1 amide bonds. The van der Waals surface area contributed by atoms with Crippen molar-refractivity contribution in [3.05, 3.63) is 58.8 Å². The number of thioether (sulfide) groups is 1. The Morgan fingerprint density at radius 2 is 1.72 bits per heavy atom. The van der Waals surface area contributed by atoms with E-state index < -0.39 is 0 Å². The number of piperazine rings is 1. The third kappa shape index (κ3) is 4.51. The first-order valence-electron chi connectivity index (χ1n) is 12.6. The van der Waals surface area contributed by atoms with E-state index in [9.17, 15) is 4.79 Å². The van der Waals surface area contributed by atoms with Gasteiger partial charge in [-0.1, -0.05) is 12.1 Å². The number of amidine groups is 1. The SMILES string of the molecule is Cc1cc(-c2ncnc3ccc(C=C4SC(N5CCCC5)=NC4=O)cc23)ccc1N1CCN(C)CC1. The van der Waals surface area contributed by atoms with Crippen LogP contribution in [-0.2, 0) is 4.79 Å². The summed E-state index contributed by atoms with van der Waals surface area (Å²) in [4.78, 5) is 33.8. The van der Waals surface area contributed by atoms with Crippen molar-refractivity contribution in [1.82, 2.24) is 19.8 Å². The number of fused-ring (bicyclic) bond motifs is 1. The maximum Gasteiger partial charge on any atom is 0.286 e. The van der Waals surface area contributed by atoms with Gasteiger partial charge in [-0.15, -0.1) is 0 Å². The van der Waals surface area contributed by atoms with Crippen LogP contribution < -0.4 is 4.90 Å². The lowest BCUT2D eigenvalue weighted by Crippen LogP contribution is -2.44. The van der Waals surface area contributed by atoms with E-state index in [2.05, 4.69) is 67.9 Å². The van der Waals surface area contributed by atoms with E-state index in [0.717, 1.165) is 85.0 Å². The average molecular weight is 499 g/mol. The molecule has 6 rings (SSSR count). The molecule has 2 saturated heterocycles. The smallest absolute Gasteiger partial charge is 0.286 e. The van der Waals surface area contributed by atoms with Gasteiger partial charge in [0, 0.05) is 55.9 Å². The van der Waals surface area contributed by atoms with Gasteiger partial charge < -0.3 is 14.7 Å². The number of aromatic nitrogens is 2. The minimum absolute atomic E-state index is 0.151. The zero-order chi connectivity index (χ0) is 24.6. The molecule has 0 unspecified atom stereocenters. The average Bonchev–Trinajstić information content (AvgIpc) is 3.55. The number of hydrogen-bond acceptors (Lipinski definition) is 7. The number of anilines is 1. The second-order valence-electron chi connectivity index (χ2n) is 9.79. The van der Waals surface area contributed by atoms with Crippen LogP contribution >= 0.6 is 11.8 Å². The molecular weight excluding hydrogens is 468 g/mol. The van der Waals surface area contributed by atoms with Crippen molar-refractivity contribution in [2.24, 2.45) is 4.99 Å². The lowest BCUT2D eigenvalue weighted by molar-refractivity contribution is -0.113. The van der Waals surface area contributed by atoms with Crippen LogP contribution in [0.15, 0.2) is 52.6 Å². The zero-order valence-corrected chi connectivity index (χ0v) is 21.6. The fraction of sp³-hybridized carbons (Fsp3) is 0.357. The largest absolute Gasteiger partial charge is 0.369 e. The summed E-state index contributed by atoms with van der Waals surface area (Å²) in [6, 6.07) is 12.7. The van der Waals surface area contributed by atoms with Gasteiger partial charge in [-0.3, -0.25) is 4.79 Å². The Bertz CT molecular complexity index is 1390. The lowest BCUT2D eigenvalue weighted by atomic mass is 10.0. The van der Waals surface area contributed by atoms with E-state index in [1.54, 1.807) is 6.33 Å². The van der Waals surface area contributed by atoms with Crippen molar-refractivity contribution in [2.45, 2.75) is 19.8 Å². The Labute approximate surface area is 215 Å². The molecule has 0 spiro atoms. The van der Waals surface area contributed by atoms with E-state index in [0.29, 0.717) is 4.91 Å². The molecule has 0 bridgehead atoms. The monoisotopic (exact) mass is 498 g/mol. The number of hydrogen-bond donors (Lipinski definition) is 0. The van der Waals surface area contributed by atoms with Crippen LogP contribution in [-0.4, -0.2) is 77.2 Å². The van der Waals surface area contributed by atoms with Gasteiger partial charge in [-0.2, -0.15) is 4.99 Å². The number of aryl methyl sites for hydroxylation is 1. The van der Waals surface area contributed by atoms with Crippen LogP contribution in [0.4, 0.5) is 5.69 Å². The van der Waals surface area contributed by atoms with E-state index in [1.165, 1.54) is 23.0 Å². The molecule has 1 aromatic heterocycles. The van der Waals surface area contributed by atoms with Gasteiger partial charge in [0.1, 0.15) is 6.33 Å². The predicted molar refractivity (Wildman–Crippen MR) is 148 cm³/mol. The van der Waals surface area contributed by atoms with Gasteiger partial charge in [0.2, 0.25) is 0 Å². The van der Waals surface area contributed by atoms with Gasteiger partial charge in [0.15, 0.2) is 5.17 Å². The quantitative estimate of drug-likeness (QED) is 0.495. The summed E-state index contributed by atoms with van der Waals surface area (Å²) in [5, 5.41) is 1.82. The Morgan fingerprint density at radius 1 is 0.917 bits per heavy atom. The summed E-state index contributed by atoms with van der Waals surface area (Å²) in [5.74, 6) is -0.151. The third-order valence-corrected chi connectivity index (χ3v) is 8.30. The first kappa shape index (κ1) is 23.2. The highest BCUT2D eigenvalue weighted by molar-refractivity contribution is 8.18. The molecule has 0 aliphatic carbocycles. The number of rotatable bonds is 3. The van der Waals surface area contributed by atoms with Gasteiger partial charge >= 0.3 is 0 Å². The molecule has 0 radical (unpaired) electrons. The number of carbonyl (C=O) groups excluding carboxylic acids is 1. The van der Waals surface area contributed by atoms with Gasteiger partial charge in [-0.25, -0.2) is 9.97 Å². The predicted octanol–water partition coefficient (Wildman–Crippen LogP) is 4.42. The molecule has 184 valence electrons. The Balaban J connectivity index is 1.30. The number of likely N-dealkylation sites (tertiary alicyclic amines) is 1. The Kier molecular flexibility index (Phi) is 6.23. The second kappa shape index (κ2) is 9.67. The van der Waals surface area contributed by atoms with Crippen molar-refractivity contribution in [2.75, 3.05) is 51.2 Å². The van der Waals surface area contributed by atoms with E-state index in [4.69, 9.17) is 0 Å². The lowest BCUT2D eigenvalue weighted by Gasteiger charge is -2.35. The molecule has 4 heterocycles. The Morgan fingerprint density at radius 3 is 2.50 bits per heavy atom. The van der Waals surface area contributed by atoms with E-state index in [1.807, 2.05) is 18.2 Å². The number of aliphatic imine (C=N–C) groups is 1.